The van der Waals surface area contributed by atoms with Crippen LogP contribution in [0.4, 0.5) is 26.3 Å². The molecule has 190 valence electrons. The molecule has 0 saturated heterocycles. The highest BCUT2D eigenvalue weighted by Crippen LogP contribution is 2.31. The van der Waals surface area contributed by atoms with Crippen LogP contribution in [0.5, 0.6) is 5.75 Å². The number of hydrogen-bond acceptors (Lipinski definition) is 4. The molecule has 12 heteroatoms. The molecule has 5 rings (SSSR count). The fraction of sp³-hybridized carbons (Fsp3) is 0.160. The van der Waals surface area contributed by atoms with Gasteiger partial charge >= 0.3 is 12.4 Å². The Bertz CT molecular complexity index is 1600. The van der Waals surface area contributed by atoms with E-state index in [1.807, 2.05) is 0 Å². The number of rotatable bonds is 6. The number of imidazole rings is 2. The summed E-state index contributed by atoms with van der Waals surface area (Å²) in [5, 5.41) is 0. The van der Waals surface area contributed by atoms with Crippen molar-refractivity contribution in [3.8, 4) is 5.75 Å². The van der Waals surface area contributed by atoms with Gasteiger partial charge in [-0.2, -0.15) is 26.3 Å². The maximum atomic E-state index is 13.2. The number of ketones is 1. The lowest BCUT2D eigenvalue weighted by atomic mass is 10.1. The lowest BCUT2D eigenvalue weighted by Gasteiger charge is -2.09. The minimum Gasteiger partial charge on any atom is -0.489 e. The van der Waals surface area contributed by atoms with E-state index in [0.717, 1.165) is 28.8 Å². The maximum Gasteiger partial charge on any atom is 0.431 e. The van der Waals surface area contributed by atoms with E-state index in [-0.39, 0.29) is 30.2 Å². The number of ether oxygens (including phenoxy) is 1. The van der Waals surface area contributed by atoms with E-state index in [0.29, 0.717) is 22.3 Å². The topological polar surface area (TPSA) is 72.3 Å². The zero-order chi connectivity index (χ0) is 26.4. The van der Waals surface area contributed by atoms with Crippen molar-refractivity contribution in [2.24, 2.45) is 0 Å². The van der Waals surface area contributed by atoms with Gasteiger partial charge in [-0.15, -0.1) is 0 Å². The van der Waals surface area contributed by atoms with Crippen LogP contribution in [0.15, 0.2) is 66.9 Å². The van der Waals surface area contributed by atoms with Crippen molar-refractivity contribution in [3.05, 3.63) is 95.2 Å². The smallest absolute Gasteiger partial charge is 0.431 e. The quantitative estimate of drug-likeness (QED) is 0.213. The minimum atomic E-state index is -4.61. The zero-order valence-electron chi connectivity index (χ0n) is 18.7. The summed E-state index contributed by atoms with van der Waals surface area (Å²) in [6, 6.07) is 13.0. The van der Waals surface area contributed by atoms with Crippen LogP contribution in [0.3, 0.4) is 0 Å². The zero-order valence-corrected chi connectivity index (χ0v) is 18.7. The van der Waals surface area contributed by atoms with Crippen molar-refractivity contribution < 1.29 is 35.9 Å². The predicted molar refractivity (Wildman–Crippen MR) is 120 cm³/mol. The van der Waals surface area contributed by atoms with Gasteiger partial charge in [0.05, 0.1) is 23.0 Å². The average Bonchev–Trinajstić information content (AvgIpc) is 3.45. The number of fused-ring (bicyclic) bond motifs is 2. The molecule has 3 heterocycles. The van der Waals surface area contributed by atoms with E-state index in [4.69, 9.17) is 4.74 Å². The number of alkyl halides is 6. The van der Waals surface area contributed by atoms with Crippen LogP contribution in [-0.2, 0) is 25.4 Å². The Labute approximate surface area is 204 Å². The summed E-state index contributed by atoms with van der Waals surface area (Å²) in [6.45, 7) is 0.0386. The number of hydrogen-bond donors (Lipinski definition) is 1. The average molecular weight is 518 g/mol. The molecule has 0 atom stereocenters. The number of nitrogens with one attached hydrogen (secondary N) is 1. The molecule has 1 N–H and O–H groups in total. The number of aromatic nitrogens is 4. The van der Waals surface area contributed by atoms with Crippen LogP contribution in [0.2, 0.25) is 0 Å². The van der Waals surface area contributed by atoms with E-state index in [9.17, 15) is 31.1 Å². The molecule has 2 aromatic carbocycles. The maximum absolute atomic E-state index is 13.2. The molecule has 0 fully saturated rings. The second-order valence-corrected chi connectivity index (χ2v) is 8.21. The highest BCUT2D eigenvalue weighted by Gasteiger charge is 2.34. The van der Waals surface area contributed by atoms with E-state index in [2.05, 4.69) is 15.0 Å². The SMILES string of the molecule is O=C(Cc1nc2ccc(OCc3ccc(C(F)(F)F)cc3)cc2[nH]1)c1cn2c(C(F)(F)F)cccc2n1. The number of nitrogens with zero attached hydrogens (tertiary/aromatic N) is 3. The number of H-pyrrole nitrogens is 1. The molecule has 37 heavy (non-hydrogen) atoms. The van der Waals surface area contributed by atoms with Gasteiger partial charge in [0.25, 0.3) is 0 Å². The van der Waals surface area contributed by atoms with Gasteiger partial charge in [-0.05, 0) is 42.0 Å². The first-order valence-corrected chi connectivity index (χ1v) is 10.8. The largest absolute Gasteiger partial charge is 0.489 e. The highest BCUT2D eigenvalue weighted by molar-refractivity contribution is 5.96. The number of carbonyl (C=O) groups is 1. The van der Waals surface area contributed by atoms with Crippen LogP contribution in [0, 0.1) is 0 Å². The first-order chi connectivity index (χ1) is 17.5. The van der Waals surface area contributed by atoms with Crippen LogP contribution in [0.1, 0.15) is 33.1 Å². The van der Waals surface area contributed by atoms with E-state index in [1.165, 1.54) is 24.3 Å². The molecule has 0 aliphatic rings. The molecule has 3 aromatic heterocycles. The molecule has 0 aliphatic heterocycles. The molecule has 0 spiro atoms. The van der Waals surface area contributed by atoms with Gasteiger partial charge in [0.2, 0.25) is 0 Å². The van der Waals surface area contributed by atoms with Crippen molar-refractivity contribution in [2.75, 3.05) is 0 Å². The van der Waals surface area contributed by atoms with Crippen molar-refractivity contribution >= 4 is 22.5 Å². The number of benzene rings is 2. The molecule has 0 saturated carbocycles. The summed E-state index contributed by atoms with van der Waals surface area (Å²) in [7, 11) is 0. The summed E-state index contributed by atoms with van der Waals surface area (Å²) >= 11 is 0. The summed E-state index contributed by atoms with van der Waals surface area (Å²) in [4.78, 5) is 24.0. The molecule has 6 nitrogen and oxygen atoms in total. The highest BCUT2D eigenvalue weighted by atomic mass is 19.4. The fourth-order valence-corrected chi connectivity index (χ4v) is 3.79. The Hall–Kier alpha value is -4.35. The van der Waals surface area contributed by atoms with E-state index in [1.54, 1.807) is 18.2 Å². The summed E-state index contributed by atoms with van der Waals surface area (Å²) in [6.07, 6.45) is -8.19. The van der Waals surface area contributed by atoms with Gasteiger partial charge in [0.15, 0.2) is 5.78 Å². The van der Waals surface area contributed by atoms with Gasteiger partial charge in [0.1, 0.15) is 35.2 Å². The number of pyridine rings is 1. The third-order valence-electron chi connectivity index (χ3n) is 5.59. The van der Waals surface area contributed by atoms with Crippen LogP contribution in [0.25, 0.3) is 16.7 Å². The molecule has 0 bridgehead atoms. The Balaban J connectivity index is 1.29. The molecule has 0 aliphatic carbocycles. The van der Waals surface area contributed by atoms with Crippen molar-refractivity contribution in [1.82, 2.24) is 19.4 Å². The molecule has 0 radical (unpaired) electrons. The first-order valence-electron chi connectivity index (χ1n) is 10.8. The Morgan fingerprint density at radius 1 is 0.919 bits per heavy atom. The lowest BCUT2D eigenvalue weighted by Crippen LogP contribution is -2.10. The first kappa shape index (κ1) is 24.3. The molecule has 0 amide bonds. The lowest BCUT2D eigenvalue weighted by molar-refractivity contribution is -0.142. The van der Waals surface area contributed by atoms with E-state index < -0.39 is 29.4 Å². The Morgan fingerprint density at radius 3 is 2.38 bits per heavy atom. The molecule has 5 aromatic rings. The second kappa shape index (κ2) is 8.95. The Kier molecular flexibility index (Phi) is 5.89. The van der Waals surface area contributed by atoms with Crippen LogP contribution >= 0.6 is 0 Å². The van der Waals surface area contributed by atoms with Gasteiger partial charge in [0, 0.05) is 12.3 Å². The number of aromatic amines is 1. The van der Waals surface area contributed by atoms with E-state index >= 15 is 0 Å². The third kappa shape index (κ3) is 5.13. The number of halogens is 6. The minimum absolute atomic E-state index is 0.00221. The Morgan fingerprint density at radius 2 is 1.68 bits per heavy atom. The molecular formula is C25H16F6N4O2. The standard InChI is InChI=1S/C25H16F6N4O2/c26-24(27,28)15-6-4-14(5-7-15)13-37-16-8-9-17-18(10-16)33-22(32-17)11-20(36)19-12-35-21(25(29,30)31)2-1-3-23(35)34-19/h1-10,12H,11,13H2,(H,32,33). The monoisotopic (exact) mass is 518 g/mol. The van der Waals surface area contributed by atoms with Crippen molar-refractivity contribution in [3.63, 3.8) is 0 Å². The van der Waals surface area contributed by atoms with Gasteiger partial charge in [-0.25, -0.2) is 9.97 Å². The van der Waals surface area contributed by atoms with Gasteiger partial charge < -0.3 is 9.72 Å². The third-order valence-corrected chi connectivity index (χ3v) is 5.59. The van der Waals surface area contributed by atoms with Crippen LogP contribution < -0.4 is 4.74 Å². The summed E-state index contributed by atoms with van der Waals surface area (Å²) < 4.78 is 84.3. The fourth-order valence-electron chi connectivity index (χ4n) is 3.79. The van der Waals surface area contributed by atoms with Gasteiger partial charge in [-0.3, -0.25) is 9.20 Å². The molecule has 0 unspecified atom stereocenters. The van der Waals surface area contributed by atoms with Gasteiger partial charge in [-0.1, -0.05) is 18.2 Å². The van der Waals surface area contributed by atoms with Crippen molar-refractivity contribution in [2.45, 2.75) is 25.4 Å². The predicted octanol–water partition coefficient (Wildman–Crippen LogP) is 6.25. The molecular weight excluding hydrogens is 502 g/mol. The normalized spacial score (nSPS) is 12.4. The van der Waals surface area contributed by atoms with Crippen LogP contribution in [-0.4, -0.2) is 25.1 Å². The second-order valence-electron chi connectivity index (χ2n) is 8.21. The van der Waals surface area contributed by atoms with Crippen molar-refractivity contribution in [1.29, 1.82) is 0 Å². The summed E-state index contributed by atoms with van der Waals surface area (Å²) in [5.74, 6) is 0.191. The number of Topliss-reactive ketones (excluding diaryl/α,β-unsaturated/α-hetero) is 1. The number of carbonyl (C=O) groups excluding carboxylic acids is 1. The summed E-state index contributed by atoms with van der Waals surface area (Å²) in [5.41, 5.74) is -0.202.